The molecule has 0 bridgehead atoms. The van der Waals surface area contributed by atoms with Crippen molar-refractivity contribution in [1.29, 1.82) is 0 Å². The smallest absolute Gasteiger partial charge is 0.217 e. The summed E-state index contributed by atoms with van der Waals surface area (Å²) in [4.78, 5) is 2.44. The Morgan fingerprint density at radius 1 is 1.31 bits per heavy atom. The first-order valence-corrected chi connectivity index (χ1v) is 4.86. The summed E-state index contributed by atoms with van der Waals surface area (Å²) in [5, 5.41) is 7.76. The summed E-state index contributed by atoms with van der Waals surface area (Å²) in [5.74, 6) is 1.43. The maximum atomic E-state index is 5.29. The molecule has 2 heterocycles. The molecule has 0 unspecified atom stereocenters. The lowest BCUT2D eigenvalue weighted by Crippen LogP contribution is -2.21. The van der Waals surface area contributed by atoms with Gasteiger partial charge in [-0.1, -0.05) is 0 Å². The minimum atomic E-state index is 0.663. The topological polar surface area (TPSA) is 42.2 Å². The summed E-state index contributed by atoms with van der Waals surface area (Å²) in [6, 6.07) is 0. The quantitative estimate of drug-likeness (QED) is 0.698. The molecule has 0 aliphatic carbocycles. The first kappa shape index (κ1) is 8.69. The minimum absolute atomic E-state index is 0.663. The molecule has 1 aliphatic rings. The molecular formula is C9H15N3O. The molecule has 1 aliphatic heterocycles. The van der Waals surface area contributed by atoms with Crippen LogP contribution in [0.4, 0.5) is 0 Å². The summed E-state index contributed by atoms with van der Waals surface area (Å²) >= 11 is 0. The van der Waals surface area contributed by atoms with Crippen LogP contribution in [-0.4, -0.2) is 34.7 Å². The van der Waals surface area contributed by atoms with Gasteiger partial charge in [0.1, 0.15) is 0 Å². The second-order valence-electron chi connectivity index (χ2n) is 3.51. The second-order valence-corrected chi connectivity index (χ2v) is 3.51. The molecule has 0 saturated carbocycles. The van der Waals surface area contributed by atoms with Crippen molar-refractivity contribution in [1.82, 2.24) is 15.1 Å². The zero-order valence-corrected chi connectivity index (χ0v) is 7.99. The molecule has 1 fully saturated rings. The second kappa shape index (κ2) is 3.87. The Labute approximate surface area is 77.9 Å². The number of aryl methyl sites for hydroxylation is 1. The highest BCUT2D eigenvalue weighted by Gasteiger charge is 2.12. The Morgan fingerprint density at radius 3 is 2.69 bits per heavy atom. The molecule has 0 aromatic carbocycles. The van der Waals surface area contributed by atoms with E-state index in [-0.39, 0.29) is 0 Å². The van der Waals surface area contributed by atoms with E-state index in [9.17, 15) is 0 Å². The average molecular weight is 181 g/mol. The highest BCUT2D eigenvalue weighted by atomic mass is 16.4. The Bertz CT molecular complexity index is 266. The van der Waals surface area contributed by atoms with Crippen LogP contribution in [0, 0.1) is 6.92 Å². The molecule has 0 radical (unpaired) electrons. The van der Waals surface area contributed by atoms with Gasteiger partial charge in [0.2, 0.25) is 11.8 Å². The summed E-state index contributed by atoms with van der Waals surface area (Å²) < 4.78 is 5.29. The van der Waals surface area contributed by atoms with Gasteiger partial charge in [0.25, 0.3) is 0 Å². The highest BCUT2D eigenvalue weighted by Crippen LogP contribution is 2.08. The summed E-state index contributed by atoms with van der Waals surface area (Å²) in [6.45, 7) is 5.34. The summed E-state index contributed by atoms with van der Waals surface area (Å²) in [6.07, 6.45) is 3.56. The van der Waals surface area contributed by atoms with Gasteiger partial charge in [-0.05, 0) is 25.9 Å². The number of nitrogens with zero attached hydrogens (tertiary/aromatic N) is 3. The van der Waals surface area contributed by atoms with Crippen LogP contribution < -0.4 is 0 Å². The minimum Gasteiger partial charge on any atom is -0.426 e. The molecule has 1 aromatic rings. The summed E-state index contributed by atoms with van der Waals surface area (Å²) in [7, 11) is 0. The predicted molar refractivity (Wildman–Crippen MR) is 48.4 cm³/mol. The van der Waals surface area contributed by atoms with Crippen molar-refractivity contribution in [2.24, 2.45) is 0 Å². The lowest BCUT2D eigenvalue weighted by Gasteiger charge is -2.11. The van der Waals surface area contributed by atoms with E-state index < -0.39 is 0 Å². The third-order valence-electron chi connectivity index (χ3n) is 2.41. The van der Waals surface area contributed by atoms with Gasteiger partial charge in [-0.25, -0.2) is 0 Å². The van der Waals surface area contributed by atoms with Gasteiger partial charge in [-0.2, -0.15) is 0 Å². The largest absolute Gasteiger partial charge is 0.426 e. The molecule has 0 amide bonds. The zero-order chi connectivity index (χ0) is 9.10. The van der Waals surface area contributed by atoms with E-state index in [2.05, 4.69) is 15.1 Å². The zero-order valence-electron chi connectivity index (χ0n) is 7.99. The molecule has 4 nitrogen and oxygen atoms in total. The number of aromatic nitrogens is 2. The van der Waals surface area contributed by atoms with Crippen molar-refractivity contribution in [3.8, 4) is 0 Å². The van der Waals surface area contributed by atoms with Gasteiger partial charge in [0.15, 0.2) is 0 Å². The molecule has 1 aromatic heterocycles. The van der Waals surface area contributed by atoms with E-state index in [1.807, 2.05) is 6.92 Å². The number of rotatable bonds is 3. The number of hydrogen-bond acceptors (Lipinski definition) is 4. The number of likely N-dealkylation sites (tertiary alicyclic amines) is 1. The van der Waals surface area contributed by atoms with Crippen LogP contribution in [0.1, 0.15) is 24.6 Å². The van der Waals surface area contributed by atoms with Crippen molar-refractivity contribution in [3.05, 3.63) is 11.8 Å². The molecule has 0 N–H and O–H groups in total. The molecule has 2 rings (SSSR count). The fourth-order valence-corrected chi connectivity index (χ4v) is 1.70. The fraction of sp³-hybridized carbons (Fsp3) is 0.778. The lowest BCUT2D eigenvalue weighted by atomic mass is 10.4. The maximum absolute atomic E-state index is 5.29. The van der Waals surface area contributed by atoms with Crippen LogP contribution in [0.3, 0.4) is 0 Å². The van der Waals surface area contributed by atoms with Crippen molar-refractivity contribution >= 4 is 0 Å². The Morgan fingerprint density at radius 2 is 2.08 bits per heavy atom. The van der Waals surface area contributed by atoms with E-state index in [0.717, 1.165) is 18.9 Å². The van der Waals surface area contributed by atoms with Crippen molar-refractivity contribution in [2.75, 3.05) is 19.6 Å². The molecule has 0 spiro atoms. The van der Waals surface area contributed by atoms with Crippen LogP contribution in [-0.2, 0) is 6.42 Å². The number of hydrogen-bond donors (Lipinski definition) is 0. The average Bonchev–Trinajstić information content (AvgIpc) is 2.71. The molecule has 1 saturated heterocycles. The first-order chi connectivity index (χ1) is 6.34. The van der Waals surface area contributed by atoms with E-state index in [4.69, 9.17) is 4.42 Å². The van der Waals surface area contributed by atoms with Gasteiger partial charge in [-0.15, -0.1) is 10.2 Å². The van der Waals surface area contributed by atoms with Gasteiger partial charge < -0.3 is 9.32 Å². The van der Waals surface area contributed by atoms with Gasteiger partial charge in [0.05, 0.1) is 0 Å². The van der Waals surface area contributed by atoms with Gasteiger partial charge in [0, 0.05) is 19.9 Å². The monoisotopic (exact) mass is 181 g/mol. The molecule has 0 atom stereocenters. The fourth-order valence-electron chi connectivity index (χ4n) is 1.70. The third-order valence-corrected chi connectivity index (χ3v) is 2.41. The maximum Gasteiger partial charge on any atom is 0.217 e. The molecule has 13 heavy (non-hydrogen) atoms. The normalized spacial score (nSPS) is 18.2. The summed E-state index contributed by atoms with van der Waals surface area (Å²) in [5.41, 5.74) is 0. The molecule has 72 valence electrons. The van der Waals surface area contributed by atoms with Crippen LogP contribution in [0.15, 0.2) is 4.42 Å². The van der Waals surface area contributed by atoms with Gasteiger partial charge in [-0.3, -0.25) is 0 Å². The third kappa shape index (κ3) is 2.28. The van der Waals surface area contributed by atoms with E-state index >= 15 is 0 Å². The SMILES string of the molecule is Cc1nnc(CCN2CCCC2)o1. The van der Waals surface area contributed by atoms with E-state index in [1.54, 1.807) is 0 Å². The van der Waals surface area contributed by atoms with Crippen molar-refractivity contribution in [2.45, 2.75) is 26.2 Å². The first-order valence-electron chi connectivity index (χ1n) is 4.86. The van der Waals surface area contributed by atoms with Crippen LogP contribution in [0.5, 0.6) is 0 Å². The van der Waals surface area contributed by atoms with Crippen molar-refractivity contribution in [3.63, 3.8) is 0 Å². The lowest BCUT2D eigenvalue weighted by molar-refractivity contribution is 0.326. The standard InChI is InChI=1S/C9H15N3O/c1-8-10-11-9(13-8)4-7-12-5-2-3-6-12/h2-7H2,1H3. The Balaban J connectivity index is 1.78. The highest BCUT2D eigenvalue weighted by molar-refractivity contribution is 4.81. The predicted octanol–water partition coefficient (Wildman–Crippen LogP) is 1.02. The van der Waals surface area contributed by atoms with E-state index in [0.29, 0.717) is 5.89 Å². The van der Waals surface area contributed by atoms with Crippen LogP contribution >= 0.6 is 0 Å². The van der Waals surface area contributed by atoms with Crippen molar-refractivity contribution < 1.29 is 4.42 Å². The molecule has 4 heteroatoms. The van der Waals surface area contributed by atoms with Crippen LogP contribution in [0.25, 0.3) is 0 Å². The van der Waals surface area contributed by atoms with Gasteiger partial charge >= 0.3 is 0 Å². The van der Waals surface area contributed by atoms with E-state index in [1.165, 1.54) is 25.9 Å². The molecular weight excluding hydrogens is 166 g/mol. The Hall–Kier alpha value is -0.900. The van der Waals surface area contributed by atoms with Crippen LogP contribution in [0.2, 0.25) is 0 Å². The Kier molecular flexibility index (Phi) is 2.59.